The van der Waals surface area contributed by atoms with E-state index in [1.807, 2.05) is 30.3 Å². The lowest BCUT2D eigenvalue weighted by molar-refractivity contribution is -0.146. The third-order valence-electron chi connectivity index (χ3n) is 3.42. The molecule has 2 atom stereocenters. The molecule has 1 aromatic rings. The smallest absolute Gasteiger partial charge is 0.322 e. The fourth-order valence-electron chi connectivity index (χ4n) is 2.15. The average molecular weight is 319 g/mol. The van der Waals surface area contributed by atoms with Gasteiger partial charge in [-0.3, -0.25) is 19.4 Å². The van der Waals surface area contributed by atoms with Crippen LogP contribution in [0, 0.1) is 11.8 Å². The Morgan fingerprint density at radius 3 is 2.09 bits per heavy atom. The number of carbonyl (C=O) groups excluding carboxylic acids is 3. The number of hydrogen-bond acceptors (Lipinski definition) is 6. The number of aliphatic imine (C=N–C) groups is 1. The monoisotopic (exact) mass is 319 g/mol. The average Bonchev–Trinajstić information content (AvgIpc) is 2.57. The Bertz CT molecular complexity index is 594. The third kappa shape index (κ3) is 5.02. The molecule has 0 aliphatic heterocycles. The molecule has 1 rings (SSSR count). The SMILES string of the molecule is COC(=O)C(C)C(=NCc1ccccc1)C(C(C)=O)C(=O)OC. The summed E-state index contributed by atoms with van der Waals surface area (Å²) in [5, 5.41) is 0. The van der Waals surface area contributed by atoms with Crippen molar-refractivity contribution in [3.63, 3.8) is 0 Å². The summed E-state index contributed by atoms with van der Waals surface area (Å²) in [4.78, 5) is 40.0. The Hall–Kier alpha value is -2.50. The Morgan fingerprint density at radius 2 is 1.61 bits per heavy atom. The van der Waals surface area contributed by atoms with Crippen molar-refractivity contribution in [1.29, 1.82) is 0 Å². The van der Waals surface area contributed by atoms with E-state index in [2.05, 4.69) is 9.73 Å². The second-order valence-electron chi connectivity index (χ2n) is 5.04. The highest BCUT2D eigenvalue weighted by Gasteiger charge is 2.36. The van der Waals surface area contributed by atoms with Gasteiger partial charge in [0.2, 0.25) is 0 Å². The molecule has 0 saturated carbocycles. The number of Topliss-reactive ketones (excluding diaryl/α,β-unsaturated/α-hetero) is 1. The number of ketones is 1. The van der Waals surface area contributed by atoms with Gasteiger partial charge in [-0.15, -0.1) is 0 Å². The van der Waals surface area contributed by atoms with E-state index in [-0.39, 0.29) is 12.3 Å². The number of rotatable bonds is 7. The van der Waals surface area contributed by atoms with Gasteiger partial charge in [0, 0.05) is 5.71 Å². The number of esters is 2. The summed E-state index contributed by atoms with van der Waals surface area (Å²) in [5.41, 5.74) is 1.05. The molecule has 0 radical (unpaired) electrons. The lowest BCUT2D eigenvalue weighted by Crippen LogP contribution is -2.38. The summed E-state index contributed by atoms with van der Waals surface area (Å²) in [6.07, 6.45) is 0. The van der Waals surface area contributed by atoms with E-state index in [1.165, 1.54) is 21.1 Å². The van der Waals surface area contributed by atoms with Gasteiger partial charge in [0.1, 0.15) is 5.78 Å². The van der Waals surface area contributed by atoms with E-state index >= 15 is 0 Å². The van der Waals surface area contributed by atoms with Crippen molar-refractivity contribution < 1.29 is 23.9 Å². The van der Waals surface area contributed by atoms with Crippen LogP contribution in [0.5, 0.6) is 0 Å². The molecule has 1 aromatic carbocycles. The second-order valence-corrected chi connectivity index (χ2v) is 5.04. The summed E-state index contributed by atoms with van der Waals surface area (Å²) in [6, 6.07) is 9.32. The summed E-state index contributed by atoms with van der Waals surface area (Å²) in [7, 11) is 2.43. The lowest BCUT2D eigenvalue weighted by atomic mass is 9.90. The molecule has 6 heteroatoms. The molecular weight excluding hydrogens is 298 g/mol. The Labute approximate surface area is 135 Å². The molecule has 0 aromatic heterocycles. The van der Waals surface area contributed by atoms with Crippen molar-refractivity contribution >= 4 is 23.4 Å². The number of nitrogens with zero attached hydrogens (tertiary/aromatic N) is 1. The third-order valence-corrected chi connectivity index (χ3v) is 3.42. The molecule has 6 nitrogen and oxygen atoms in total. The maximum Gasteiger partial charge on any atom is 0.322 e. The standard InChI is InChI=1S/C17H21NO5/c1-11(16(20)22-3)15(14(12(2)19)17(21)23-4)18-10-13-8-6-5-7-9-13/h5-9,11,14H,10H2,1-4H3. The lowest BCUT2D eigenvalue weighted by Gasteiger charge is -2.19. The predicted molar refractivity (Wildman–Crippen MR) is 84.9 cm³/mol. The zero-order chi connectivity index (χ0) is 17.4. The van der Waals surface area contributed by atoms with Gasteiger partial charge in [-0.2, -0.15) is 0 Å². The van der Waals surface area contributed by atoms with Crippen LogP contribution in [0.25, 0.3) is 0 Å². The van der Waals surface area contributed by atoms with Crippen molar-refractivity contribution in [2.45, 2.75) is 20.4 Å². The molecule has 0 bridgehead atoms. The second kappa shape index (κ2) is 8.82. The summed E-state index contributed by atoms with van der Waals surface area (Å²) >= 11 is 0. The minimum absolute atomic E-state index is 0.153. The van der Waals surface area contributed by atoms with Crippen LogP contribution in [0.2, 0.25) is 0 Å². The molecule has 124 valence electrons. The van der Waals surface area contributed by atoms with Gasteiger partial charge < -0.3 is 9.47 Å². The van der Waals surface area contributed by atoms with Crippen molar-refractivity contribution in [2.24, 2.45) is 16.8 Å². The Morgan fingerprint density at radius 1 is 1.04 bits per heavy atom. The molecule has 2 unspecified atom stereocenters. The largest absolute Gasteiger partial charge is 0.469 e. The zero-order valence-electron chi connectivity index (χ0n) is 13.7. The fraction of sp³-hybridized carbons (Fsp3) is 0.412. The van der Waals surface area contributed by atoms with E-state index in [0.717, 1.165) is 5.56 Å². The molecule has 0 amide bonds. The number of ether oxygens (including phenoxy) is 2. The maximum absolute atomic E-state index is 11.9. The van der Waals surface area contributed by atoms with Gasteiger partial charge in [-0.25, -0.2) is 0 Å². The Balaban J connectivity index is 3.21. The van der Waals surface area contributed by atoms with E-state index in [0.29, 0.717) is 0 Å². The van der Waals surface area contributed by atoms with E-state index < -0.39 is 29.6 Å². The summed E-state index contributed by atoms with van der Waals surface area (Å²) < 4.78 is 9.38. The van der Waals surface area contributed by atoms with Crippen LogP contribution in [-0.4, -0.2) is 37.7 Å². The highest BCUT2D eigenvalue weighted by Crippen LogP contribution is 2.16. The minimum Gasteiger partial charge on any atom is -0.469 e. The van der Waals surface area contributed by atoms with Crippen molar-refractivity contribution in [2.75, 3.05) is 14.2 Å². The molecular formula is C17H21NO5. The van der Waals surface area contributed by atoms with E-state index in [4.69, 9.17) is 4.74 Å². The topological polar surface area (TPSA) is 82.0 Å². The van der Waals surface area contributed by atoms with Crippen LogP contribution < -0.4 is 0 Å². The van der Waals surface area contributed by atoms with Crippen molar-refractivity contribution in [3.05, 3.63) is 35.9 Å². The van der Waals surface area contributed by atoms with Crippen LogP contribution in [0.1, 0.15) is 19.4 Å². The van der Waals surface area contributed by atoms with Gasteiger partial charge in [0.05, 0.1) is 26.7 Å². The van der Waals surface area contributed by atoms with E-state index in [9.17, 15) is 14.4 Å². The van der Waals surface area contributed by atoms with Crippen LogP contribution >= 0.6 is 0 Å². The molecule has 0 saturated heterocycles. The fourth-order valence-corrected chi connectivity index (χ4v) is 2.15. The van der Waals surface area contributed by atoms with Gasteiger partial charge >= 0.3 is 11.9 Å². The van der Waals surface area contributed by atoms with Gasteiger partial charge in [0.15, 0.2) is 5.92 Å². The molecule has 0 N–H and O–H groups in total. The quantitative estimate of drug-likeness (QED) is 0.435. The van der Waals surface area contributed by atoms with Gasteiger partial charge in [-0.1, -0.05) is 30.3 Å². The first-order valence-electron chi connectivity index (χ1n) is 7.16. The van der Waals surface area contributed by atoms with Gasteiger partial charge in [-0.05, 0) is 19.4 Å². The first-order valence-corrected chi connectivity index (χ1v) is 7.16. The van der Waals surface area contributed by atoms with Crippen LogP contribution in [0.3, 0.4) is 0 Å². The first kappa shape index (κ1) is 18.5. The molecule has 0 spiro atoms. The number of hydrogen-bond donors (Lipinski definition) is 0. The van der Waals surface area contributed by atoms with Crippen molar-refractivity contribution in [3.8, 4) is 0 Å². The minimum atomic E-state index is -1.21. The summed E-state index contributed by atoms with van der Waals surface area (Å²) in [5.74, 6) is -3.76. The zero-order valence-corrected chi connectivity index (χ0v) is 13.7. The molecule has 0 fully saturated rings. The molecule has 0 aliphatic carbocycles. The van der Waals surface area contributed by atoms with E-state index in [1.54, 1.807) is 6.92 Å². The molecule has 23 heavy (non-hydrogen) atoms. The highest BCUT2D eigenvalue weighted by molar-refractivity contribution is 6.22. The normalized spacial score (nSPS) is 13.8. The predicted octanol–water partition coefficient (Wildman–Crippen LogP) is 1.81. The Kier molecular flexibility index (Phi) is 7.12. The highest BCUT2D eigenvalue weighted by atomic mass is 16.5. The summed E-state index contributed by atoms with van der Waals surface area (Å²) in [6.45, 7) is 3.07. The first-order chi connectivity index (χ1) is 10.9. The molecule has 0 heterocycles. The maximum atomic E-state index is 11.9. The van der Waals surface area contributed by atoms with Crippen LogP contribution in [-0.2, 0) is 30.4 Å². The number of carbonyl (C=O) groups is 3. The molecule has 0 aliphatic rings. The number of methoxy groups -OCH3 is 2. The van der Waals surface area contributed by atoms with Gasteiger partial charge in [0.25, 0.3) is 0 Å². The van der Waals surface area contributed by atoms with Crippen LogP contribution in [0.15, 0.2) is 35.3 Å². The van der Waals surface area contributed by atoms with Crippen molar-refractivity contribution in [1.82, 2.24) is 0 Å². The number of benzene rings is 1. The van der Waals surface area contributed by atoms with Crippen LogP contribution in [0.4, 0.5) is 0 Å².